The maximum atomic E-state index is 7.26. The second kappa shape index (κ2) is 18.6. The molecule has 0 rings (SSSR count). The van der Waals surface area contributed by atoms with Gasteiger partial charge in [0, 0.05) is 16.5 Å². The van der Waals surface area contributed by atoms with E-state index in [0.717, 1.165) is 0 Å². The Balaban J connectivity index is -0.0000000450. The van der Waals surface area contributed by atoms with Crippen molar-refractivity contribution in [3.63, 3.8) is 0 Å². The zero-order chi connectivity index (χ0) is 3.41. The Morgan fingerprint density at radius 1 is 1.00 bits per heavy atom. The number of rotatable bonds is 0. The van der Waals surface area contributed by atoms with Gasteiger partial charge in [-0.25, -0.2) is 0 Å². The quantitative estimate of drug-likeness (QED) is 0.508. The molecule has 0 aromatic heterocycles. The summed E-state index contributed by atoms with van der Waals surface area (Å²) in [5.74, 6) is 0. The first-order valence-electron chi connectivity index (χ1n) is 0.697. The summed E-state index contributed by atoms with van der Waals surface area (Å²) in [5.41, 5.74) is 0. The Hall–Kier alpha value is 0.272. The molecule has 0 aromatic carbocycles. The van der Waals surface area contributed by atoms with E-state index in [1.807, 2.05) is 0 Å². The molecule has 34 valence electrons. The van der Waals surface area contributed by atoms with E-state index in [0.29, 0.717) is 0 Å². The third-order valence-corrected chi connectivity index (χ3v) is 0.0500. The fourth-order valence-electron chi connectivity index (χ4n) is 0. The average Bonchev–Trinajstić information content (AvgIpc) is 1.37. The summed E-state index contributed by atoms with van der Waals surface area (Å²) >= 11 is 0. The van der Waals surface area contributed by atoms with Crippen molar-refractivity contribution in [1.29, 1.82) is 10.5 Å². The van der Waals surface area contributed by atoms with E-state index in [1.165, 1.54) is 12.1 Å². The molecule has 4 heteroatoms. The van der Waals surface area contributed by atoms with Crippen molar-refractivity contribution in [2.45, 2.75) is 0 Å². The van der Waals surface area contributed by atoms with Crippen LogP contribution >= 0.6 is 0 Å². The van der Waals surface area contributed by atoms with Crippen LogP contribution in [0.4, 0.5) is 0 Å². The summed E-state index contributed by atoms with van der Waals surface area (Å²) < 4.78 is 0. The molecular formula is C2H2N2NiSn. The molecule has 0 atom stereocenters. The summed E-state index contributed by atoms with van der Waals surface area (Å²) in [5, 5.41) is 14.5. The summed E-state index contributed by atoms with van der Waals surface area (Å²) in [4.78, 5) is 0. The molecule has 0 aliphatic heterocycles. The Kier molecular flexibility index (Phi) is 50.6. The molecule has 0 unspecified atom stereocenters. The Bertz CT molecular complexity index is 66.5. The molecule has 0 aromatic rings. The fraction of sp³-hybridized carbons (Fsp3) is 0. The van der Waals surface area contributed by atoms with E-state index in [4.69, 9.17) is 10.5 Å². The van der Waals surface area contributed by atoms with Gasteiger partial charge in [0.05, 0.1) is 0 Å². The van der Waals surface area contributed by atoms with Gasteiger partial charge in [-0.3, -0.25) is 0 Å². The zero-order valence-corrected chi connectivity index (χ0v) is 7.94. The normalized spacial score (nSPS) is 1.67. The standard InChI is InChI=1S/C2N2.Ni.Sn.2H/c3-1-2-4;;;;. The van der Waals surface area contributed by atoms with Gasteiger partial charge in [0.2, 0.25) is 0 Å². The average molecular weight is 231 g/mol. The third kappa shape index (κ3) is 28.3. The fourth-order valence-corrected chi connectivity index (χ4v) is 0. The predicted molar refractivity (Wildman–Crippen MR) is 19.8 cm³/mol. The van der Waals surface area contributed by atoms with Gasteiger partial charge in [0.15, 0.2) is 12.1 Å². The second-order valence-electron chi connectivity index (χ2n) is 0.224. The monoisotopic (exact) mass is 232 g/mol. The van der Waals surface area contributed by atoms with Crippen LogP contribution in [0.5, 0.6) is 0 Å². The van der Waals surface area contributed by atoms with Crippen molar-refractivity contribution in [3.05, 3.63) is 0 Å². The minimum absolute atomic E-state index is 0. The van der Waals surface area contributed by atoms with Gasteiger partial charge >= 0.3 is 23.9 Å². The first-order chi connectivity index (χ1) is 1.91. The van der Waals surface area contributed by atoms with Crippen molar-refractivity contribution in [2.24, 2.45) is 0 Å². The van der Waals surface area contributed by atoms with Crippen LogP contribution in [0.15, 0.2) is 0 Å². The van der Waals surface area contributed by atoms with Crippen LogP contribution in [-0.2, 0) is 16.5 Å². The first kappa shape index (κ1) is 16.3. The van der Waals surface area contributed by atoms with Crippen LogP contribution in [0, 0.1) is 22.7 Å². The molecule has 0 amide bonds. The Morgan fingerprint density at radius 3 is 1.17 bits per heavy atom. The van der Waals surface area contributed by atoms with Crippen LogP contribution in [-0.4, -0.2) is 23.9 Å². The van der Waals surface area contributed by atoms with E-state index in [9.17, 15) is 0 Å². The Morgan fingerprint density at radius 2 is 1.17 bits per heavy atom. The number of hydrogen-bond acceptors (Lipinski definition) is 2. The molecule has 2 radical (unpaired) electrons. The van der Waals surface area contributed by atoms with Crippen molar-refractivity contribution < 1.29 is 16.5 Å². The predicted octanol–water partition coefficient (Wildman–Crippen LogP) is -0.885. The first-order valence-corrected chi connectivity index (χ1v) is 0.697. The summed E-state index contributed by atoms with van der Waals surface area (Å²) in [6.07, 6.45) is 0. The number of nitrogens with zero attached hydrogens (tertiary/aromatic N) is 2. The van der Waals surface area contributed by atoms with Crippen molar-refractivity contribution >= 4 is 23.9 Å². The third-order valence-electron chi connectivity index (χ3n) is 0.0500. The van der Waals surface area contributed by atoms with Crippen LogP contribution in [0.3, 0.4) is 0 Å². The molecule has 0 N–H and O–H groups in total. The zero-order valence-electron chi connectivity index (χ0n) is 2.92. The molecule has 0 spiro atoms. The van der Waals surface area contributed by atoms with Crippen molar-refractivity contribution in [1.82, 2.24) is 0 Å². The van der Waals surface area contributed by atoms with Crippen LogP contribution < -0.4 is 0 Å². The second-order valence-corrected chi connectivity index (χ2v) is 0.224. The SMILES string of the molecule is N#CC#N.[Ni].[SnH2]. The van der Waals surface area contributed by atoms with Crippen LogP contribution in [0.25, 0.3) is 0 Å². The van der Waals surface area contributed by atoms with E-state index >= 15 is 0 Å². The molecule has 0 aliphatic rings. The van der Waals surface area contributed by atoms with Crippen molar-refractivity contribution in [3.8, 4) is 12.1 Å². The molecule has 6 heavy (non-hydrogen) atoms. The summed E-state index contributed by atoms with van der Waals surface area (Å²) in [7, 11) is 0. The number of hydrogen-bond donors (Lipinski definition) is 0. The number of nitriles is 2. The van der Waals surface area contributed by atoms with Gasteiger partial charge in [-0.2, -0.15) is 10.5 Å². The Labute approximate surface area is 63.0 Å². The van der Waals surface area contributed by atoms with Crippen molar-refractivity contribution in [2.75, 3.05) is 0 Å². The molecule has 0 saturated heterocycles. The minimum atomic E-state index is 0. The molecule has 0 fully saturated rings. The molecule has 0 saturated carbocycles. The molecule has 0 bridgehead atoms. The van der Waals surface area contributed by atoms with Gasteiger partial charge in [0.1, 0.15) is 0 Å². The van der Waals surface area contributed by atoms with Gasteiger partial charge in [0.25, 0.3) is 0 Å². The van der Waals surface area contributed by atoms with Crippen LogP contribution in [0.1, 0.15) is 0 Å². The molecule has 2 nitrogen and oxygen atoms in total. The molecular weight excluding hydrogens is 229 g/mol. The molecule has 0 heterocycles. The van der Waals surface area contributed by atoms with E-state index in [-0.39, 0.29) is 40.4 Å². The van der Waals surface area contributed by atoms with E-state index < -0.39 is 0 Å². The van der Waals surface area contributed by atoms with Gasteiger partial charge in [-0.1, -0.05) is 0 Å². The van der Waals surface area contributed by atoms with Crippen LogP contribution in [0.2, 0.25) is 0 Å². The molecule has 0 aliphatic carbocycles. The van der Waals surface area contributed by atoms with E-state index in [2.05, 4.69) is 0 Å². The van der Waals surface area contributed by atoms with Gasteiger partial charge in [-0.05, 0) is 0 Å². The summed E-state index contributed by atoms with van der Waals surface area (Å²) in [6, 6.07) is 2.47. The maximum absolute atomic E-state index is 7.26. The topological polar surface area (TPSA) is 47.6 Å². The van der Waals surface area contributed by atoms with Gasteiger partial charge < -0.3 is 0 Å². The van der Waals surface area contributed by atoms with E-state index in [1.54, 1.807) is 0 Å². The van der Waals surface area contributed by atoms with Gasteiger partial charge in [-0.15, -0.1) is 0 Å². The summed E-state index contributed by atoms with van der Waals surface area (Å²) in [6.45, 7) is 0.